The van der Waals surface area contributed by atoms with Crippen molar-refractivity contribution < 1.29 is 8.42 Å². The minimum atomic E-state index is -3.04. The first-order chi connectivity index (χ1) is 8.07. The molecular formula is C12H18N2O2S. The van der Waals surface area contributed by atoms with Crippen LogP contribution in [0.25, 0.3) is 0 Å². The van der Waals surface area contributed by atoms with Gasteiger partial charge in [-0.25, -0.2) is 8.42 Å². The zero-order valence-corrected chi connectivity index (χ0v) is 10.9. The van der Waals surface area contributed by atoms with Gasteiger partial charge in [-0.15, -0.1) is 0 Å². The van der Waals surface area contributed by atoms with Crippen LogP contribution in [0, 0.1) is 0 Å². The molecular weight excluding hydrogens is 236 g/mol. The van der Waals surface area contributed by atoms with E-state index >= 15 is 0 Å². The molecule has 0 unspecified atom stereocenters. The topological polar surface area (TPSA) is 50.3 Å². The number of nitrogens with zero attached hydrogens (tertiary/aromatic N) is 2. The molecule has 0 aliphatic carbocycles. The van der Waals surface area contributed by atoms with Gasteiger partial charge in [0.15, 0.2) is 0 Å². The highest BCUT2D eigenvalue weighted by atomic mass is 32.2. The van der Waals surface area contributed by atoms with Crippen LogP contribution in [0.5, 0.6) is 0 Å². The van der Waals surface area contributed by atoms with Crippen LogP contribution < -0.4 is 0 Å². The molecule has 0 saturated carbocycles. The molecule has 0 aromatic carbocycles. The molecule has 1 aromatic heterocycles. The van der Waals surface area contributed by atoms with Gasteiger partial charge in [0.25, 0.3) is 0 Å². The van der Waals surface area contributed by atoms with Crippen molar-refractivity contribution in [1.82, 2.24) is 9.29 Å². The van der Waals surface area contributed by atoms with E-state index in [1.165, 1.54) is 6.26 Å². The van der Waals surface area contributed by atoms with Gasteiger partial charge in [-0.05, 0) is 37.8 Å². The normalized spacial score (nSPS) is 21.8. The number of aryl methyl sites for hydroxylation is 1. The highest BCUT2D eigenvalue weighted by Gasteiger charge is 2.30. The van der Waals surface area contributed by atoms with E-state index < -0.39 is 10.0 Å². The fraction of sp³-hybridized carbons (Fsp3) is 0.583. The van der Waals surface area contributed by atoms with Crippen molar-refractivity contribution >= 4 is 10.0 Å². The minimum Gasteiger partial charge on any atom is -0.261 e. The Kier molecular flexibility index (Phi) is 3.79. The molecule has 1 aliphatic heterocycles. The van der Waals surface area contributed by atoms with Crippen LogP contribution in [0.4, 0.5) is 0 Å². The van der Waals surface area contributed by atoms with Crippen molar-refractivity contribution in [2.75, 3.05) is 12.8 Å². The van der Waals surface area contributed by atoms with Crippen molar-refractivity contribution in [3.05, 3.63) is 30.1 Å². The molecule has 2 heterocycles. The van der Waals surface area contributed by atoms with Crippen molar-refractivity contribution in [1.29, 1.82) is 0 Å². The smallest absolute Gasteiger partial charge is 0.211 e. The second kappa shape index (κ2) is 5.14. The number of hydrogen-bond acceptors (Lipinski definition) is 3. The van der Waals surface area contributed by atoms with Crippen LogP contribution in [0.2, 0.25) is 0 Å². The minimum absolute atomic E-state index is 0.159. The molecule has 0 N–H and O–H groups in total. The van der Waals surface area contributed by atoms with E-state index in [1.54, 1.807) is 10.5 Å². The van der Waals surface area contributed by atoms with Crippen molar-refractivity contribution in [3.63, 3.8) is 0 Å². The Morgan fingerprint density at radius 3 is 2.94 bits per heavy atom. The average molecular weight is 254 g/mol. The number of pyridine rings is 1. The lowest BCUT2D eigenvalue weighted by atomic mass is 10.1. The largest absolute Gasteiger partial charge is 0.261 e. The highest BCUT2D eigenvalue weighted by Crippen LogP contribution is 2.23. The van der Waals surface area contributed by atoms with E-state index in [0.717, 1.165) is 31.4 Å². The first-order valence-electron chi connectivity index (χ1n) is 5.94. The molecule has 94 valence electrons. The van der Waals surface area contributed by atoms with Crippen LogP contribution in [0.1, 0.15) is 25.0 Å². The van der Waals surface area contributed by atoms with Crippen LogP contribution in [-0.4, -0.2) is 36.5 Å². The predicted molar refractivity (Wildman–Crippen MR) is 67.1 cm³/mol. The number of hydrogen-bond donors (Lipinski definition) is 0. The Morgan fingerprint density at radius 1 is 1.47 bits per heavy atom. The van der Waals surface area contributed by atoms with Crippen molar-refractivity contribution in [2.24, 2.45) is 0 Å². The Balaban J connectivity index is 1.95. The monoisotopic (exact) mass is 254 g/mol. The van der Waals surface area contributed by atoms with Crippen LogP contribution in [0.15, 0.2) is 24.4 Å². The number of aromatic nitrogens is 1. The third kappa shape index (κ3) is 3.26. The summed E-state index contributed by atoms with van der Waals surface area (Å²) < 4.78 is 24.8. The van der Waals surface area contributed by atoms with Crippen LogP contribution in [-0.2, 0) is 16.4 Å². The first-order valence-corrected chi connectivity index (χ1v) is 7.79. The molecule has 1 aliphatic rings. The van der Waals surface area contributed by atoms with E-state index in [1.807, 2.05) is 18.2 Å². The van der Waals surface area contributed by atoms with Gasteiger partial charge in [-0.2, -0.15) is 4.31 Å². The van der Waals surface area contributed by atoms with Gasteiger partial charge in [0, 0.05) is 24.5 Å². The van der Waals surface area contributed by atoms with E-state index in [-0.39, 0.29) is 6.04 Å². The molecule has 1 atom stereocenters. The fourth-order valence-corrected chi connectivity index (χ4v) is 3.61. The third-order valence-electron chi connectivity index (χ3n) is 3.21. The van der Waals surface area contributed by atoms with Gasteiger partial charge in [0.05, 0.1) is 6.26 Å². The average Bonchev–Trinajstić information content (AvgIpc) is 2.75. The second-order valence-corrected chi connectivity index (χ2v) is 6.46. The lowest BCUT2D eigenvalue weighted by molar-refractivity contribution is 0.372. The molecule has 5 heteroatoms. The van der Waals surface area contributed by atoms with Crippen LogP contribution >= 0.6 is 0 Å². The maximum atomic E-state index is 11.6. The van der Waals surface area contributed by atoms with Gasteiger partial charge in [0.2, 0.25) is 10.0 Å². The lowest BCUT2D eigenvalue weighted by Gasteiger charge is -2.21. The summed E-state index contributed by atoms with van der Waals surface area (Å²) in [6.45, 7) is 0.672. The summed E-state index contributed by atoms with van der Waals surface area (Å²) in [5, 5.41) is 0. The summed E-state index contributed by atoms with van der Waals surface area (Å²) in [5.41, 5.74) is 1.04. The summed E-state index contributed by atoms with van der Waals surface area (Å²) >= 11 is 0. The standard InChI is InChI=1S/C12H18N2O2S/c1-17(15,16)14-10-4-6-12(14)8-7-11-5-2-3-9-13-11/h2-3,5,9,12H,4,6-8,10H2,1H3/t12-/m1/s1. The number of rotatable bonds is 4. The third-order valence-corrected chi connectivity index (χ3v) is 4.54. The molecule has 17 heavy (non-hydrogen) atoms. The molecule has 1 saturated heterocycles. The fourth-order valence-electron chi connectivity index (χ4n) is 2.39. The molecule has 2 rings (SSSR count). The Labute approximate surface area is 103 Å². The van der Waals surface area contributed by atoms with Gasteiger partial charge < -0.3 is 0 Å². The Hall–Kier alpha value is -0.940. The zero-order chi connectivity index (χ0) is 12.3. The number of sulfonamides is 1. The molecule has 0 amide bonds. The maximum Gasteiger partial charge on any atom is 0.211 e. The van der Waals surface area contributed by atoms with Gasteiger partial charge in [0.1, 0.15) is 0 Å². The van der Waals surface area contributed by atoms with Crippen molar-refractivity contribution in [2.45, 2.75) is 31.7 Å². The summed E-state index contributed by atoms with van der Waals surface area (Å²) in [7, 11) is -3.04. The summed E-state index contributed by atoms with van der Waals surface area (Å²) in [6.07, 6.45) is 6.73. The summed E-state index contributed by atoms with van der Waals surface area (Å²) in [6, 6.07) is 6.00. The first kappa shape index (κ1) is 12.5. The summed E-state index contributed by atoms with van der Waals surface area (Å²) in [4.78, 5) is 4.26. The second-order valence-electron chi connectivity index (χ2n) is 4.53. The quantitative estimate of drug-likeness (QED) is 0.817. The SMILES string of the molecule is CS(=O)(=O)N1CCC[C@@H]1CCc1ccccn1. The maximum absolute atomic E-state index is 11.6. The highest BCUT2D eigenvalue weighted by molar-refractivity contribution is 7.88. The van der Waals surface area contributed by atoms with E-state index in [0.29, 0.717) is 6.54 Å². The molecule has 0 bridgehead atoms. The Morgan fingerprint density at radius 2 is 2.29 bits per heavy atom. The van der Waals surface area contributed by atoms with E-state index in [9.17, 15) is 8.42 Å². The molecule has 1 aromatic rings. The molecule has 1 fully saturated rings. The van der Waals surface area contributed by atoms with Gasteiger partial charge in [-0.3, -0.25) is 4.98 Å². The molecule has 4 nitrogen and oxygen atoms in total. The van der Waals surface area contributed by atoms with Crippen LogP contribution in [0.3, 0.4) is 0 Å². The van der Waals surface area contributed by atoms with E-state index in [2.05, 4.69) is 4.98 Å². The van der Waals surface area contributed by atoms with E-state index in [4.69, 9.17) is 0 Å². The molecule has 0 radical (unpaired) electrons. The van der Waals surface area contributed by atoms with Gasteiger partial charge in [-0.1, -0.05) is 6.07 Å². The Bertz CT molecular complexity index is 459. The lowest BCUT2D eigenvalue weighted by Crippen LogP contribution is -2.34. The summed E-state index contributed by atoms with van der Waals surface area (Å²) in [5.74, 6) is 0. The van der Waals surface area contributed by atoms with Crippen molar-refractivity contribution in [3.8, 4) is 0 Å². The molecule has 0 spiro atoms. The zero-order valence-electron chi connectivity index (χ0n) is 10.0. The van der Waals surface area contributed by atoms with Gasteiger partial charge >= 0.3 is 0 Å². The predicted octanol–water partition coefficient (Wildman–Crippen LogP) is 1.44.